The Labute approximate surface area is 128 Å². The van der Waals surface area contributed by atoms with E-state index in [0.29, 0.717) is 0 Å². The highest BCUT2D eigenvalue weighted by Gasteiger charge is 2.13. The lowest BCUT2D eigenvalue weighted by molar-refractivity contribution is 0.346. The molecule has 0 saturated carbocycles. The lowest BCUT2D eigenvalue weighted by Crippen LogP contribution is -2.32. The predicted molar refractivity (Wildman–Crippen MR) is 87.3 cm³/mol. The summed E-state index contributed by atoms with van der Waals surface area (Å²) in [4.78, 5) is 4.76. The molecule has 0 aliphatic carbocycles. The lowest BCUT2D eigenvalue weighted by atomic mass is 10.1. The van der Waals surface area contributed by atoms with Gasteiger partial charge in [0, 0.05) is 32.4 Å². The molecule has 0 spiro atoms. The Morgan fingerprint density at radius 2 is 2.05 bits per heavy atom. The second-order valence-corrected chi connectivity index (χ2v) is 5.92. The van der Waals surface area contributed by atoms with E-state index in [1.54, 1.807) is 12.1 Å². The molecule has 1 saturated heterocycles. The smallest absolute Gasteiger partial charge is 0.123 e. The maximum Gasteiger partial charge on any atom is 0.123 e. The summed E-state index contributed by atoms with van der Waals surface area (Å²) in [5, 5.41) is 3.37. The lowest BCUT2D eigenvalue weighted by Gasteiger charge is -2.25. The summed E-state index contributed by atoms with van der Waals surface area (Å²) in [6.45, 7) is 8.37. The minimum Gasteiger partial charge on any atom is -0.373 e. The third-order valence-electron chi connectivity index (χ3n) is 4.15. The molecule has 2 rings (SSSR count). The maximum absolute atomic E-state index is 13.5. The van der Waals surface area contributed by atoms with E-state index in [2.05, 4.69) is 29.1 Å². The van der Waals surface area contributed by atoms with Crippen molar-refractivity contribution in [2.45, 2.75) is 32.7 Å². The average molecular weight is 293 g/mol. The number of likely N-dealkylation sites (N-methyl/N-ethyl adjacent to an activating group) is 1. The molecule has 4 heteroatoms. The molecule has 0 amide bonds. The Morgan fingerprint density at radius 3 is 2.76 bits per heavy atom. The highest BCUT2D eigenvalue weighted by atomic mass is 19.1. The van der Waals surface area contributed by atoms with Gasteiger partial charge in [-0.3, -0.25) is 0 Å². The quantitative estimate of drug-likeness (QED) is 0.744. The Kier molecular flexibility index (Phi) is 6.46. The second-order valence-electron chi connectivity index (χ2n) is 5.92. The Morgan fingerprint density at radius 1 is 1.29 bits per heavy atom. The number of hydrogen-bond acceptors (Lipinski definition) is 3. The van der Waals surface area contributed by atoms with Crippen LogP contribution in [0.1, 0.15) is 31.7 Å². The topological polar surface area (TPSA) is 18.5 Å². The molecular formula is C17H28FN3. The van der Waals surface area contributed by atoms with Crippen LogP contribution in [0, 0.1) is 5.82 Å². The molecule has 0 atom stereocenters. The fraction of sp³-hybridized carbons (Fsp3) is 0.647. The van der Waals surface area contributed by atoms with Gasteiger partial charge in [-0.05, 0) is 62.7 Å². The fourth-order valence-electron chi connectivity index (χ4n) is 2.89. The summed E-state index contributed by atoms with van der Waals surface area (Å²) in [5.74, 6) is -0.153. The molecule has 0 aromatic heterocycles. The molecule has 21 heavy (non-hydrogen) atoms. The zero-order valence-corrected chi connectivity index (χ0v) is 13.4. The van der Waals surface area contributed by atoms with E-state index in [-0.39, 0.29) is 5.82 Å². The number of rotatable bonds is 8. The van der Waals surface area contributed by atoms with Crippen molar-refractivity contribution < 1.29 is 4.39 Å². The first kappa shape index (κ1) is 16.2. The minimum absolute atomic E-state index is 0.153. The summed E-state index contributed by atoms with van der Waals surface area (Å²) in [7, 11) is 2.10. The standard InChI is InChI=1S/C17H28FN3/c1-3-8-19-14-15-13-16(18)6-7-17(15)20(2)11-12-21-9-4-5-10-21/h6-7,13,19H,3-5,8-12,14H2,1-2H3. The largest absolute Gasteiger partial charge is 0.373 e. The predicted octanol–water partition coefficient (Wildman–Crippen LogP) is 2.86. The summed E-state index contributed by atoms with van der Waals surface area (Å²) in [5.41, 5.74) is 2.19. The van der Waals surface area contributed by atoms with Gasteiger partial charge in [-0.25, -0.2) is 4.39 Å². The van der Waals surface area contributed by atoms with E-state index >= 15 is 0 Å². The third-order valence-corrected chi connectivity index (χ3v) is 4.15. The summed E-state index contributed by atoms with van der Waals surface area (Å²) in [6.07, 6.45) is 3.74. The minimum atomic E-state index is -0.153. The molecule has 3 nitrogen and oxygen atoms in total. The van der Waals surface area contributed by atoms with Gasteiger partial charge in [-0.1, -0.05) is 6.92 Å². The SMILES string of the molecule is CCCNCc1cc(F)ccc1N(C)CCN1CCCC1. The molecule has 1 fully saturated rings. The molecular weight excluding hydrogens is 265 g/mol. The molecule has 1 aromatic rings. The monoisotopic (exact) mass is 293 g/mol. The first-order valence-electron chi connectivity index (χ1n) is 8.13. The molecule has 1 N–H and O–H groups in total. The van der Waals surface area contributed by atoms with Crippen molar-refractivity contribution in [2.75, 3.05) is 44.7 Å². The number of nitrogens with zero attached hydrogens (tertiary/aromatic N) is 2. The normalized spacial score (nSPS) is 15.6. The van der Waals surface area contributed by atoms with Gasteiger partial charge in [0.05, 0.1) is 0 Å². The highest BCUT2D eigenvalue weighted by Crippen LogP contribution is 2.21. The van der Waals surface area contributed by atoms with Crippen LogP contribution in [-0.4, -0.2) is 44.7 Å². The van der Waals surface area contributed by atoms with Crippen LogP contribution >= 0.6 is 0 Å². The summed E-state index contributed by atoms with van der Waals surface area (Å²) < 4.78 is 13.5. The molecule has 1 aliphatic rings. The van der Waals surface area contributed by atoms with E-state index < -0.39 is 0 Å². The molecule has 0 radical (unpaired) electrons. The molecule has 1 heterocycles. The summed E-state index contributed by atoms with van der Waals surface area (Å²) >= 11 is 0. The van der Waals surface area contributed by atoms with Gasteiger partial charge >= 0.3 is 0 Å². The average Bonchev–Trinajstić information content (AvgIpc) is 2.98. The molecule has 0 bridgehead atoms. The van der Waals surface area contributed by atoms with Gasteiger partial charge in [-0.15, -0.1) is 0 Å². The van der Waals surface area contributed by atoms with Crippen molar-refractivity contribution in [1.29, 1.82) is 0 Å². The van der Waals surface area contributed by atoms with Crippen molar-refractivity contribution in [2.24, 2.45) is 0 Å². The Balaban J connectivity index is 1.95. The van der Waals surface area contributed by atoms with Crippen LogP contribution < -0.4 is 10.2 Å². The van der Waals surface area contributed by atoms with Crippen LogP contribution in [0.5, 0.6) is 0 Å². The van der Waals surface area contributed by atoms with Crippen molar-refractivity contribution in [3.05, 3.63) is 29.6 Å². The zero-order chi connectivity index (χ0) is 15.1. The van der Waals surface area contributed by atoms with Crippen molar-refractivity contribution in [3.8, 4) is 0 Å². The number of nitrogens with one attached hydrogen (secondary N) is 1. The summed E-state index contributed by atoms with van der Waals surface area (Å²) in [6, 6.07) is 5.12. The van der Waals surface area contributed by atoms with Crippen molar-refractivity contribution in [3.63, 3.8) is 0 Å². The zero-order valence-electron chi connectivity index (χ0n) is 13.4. The maximum atomic E-state index is 13.5. The van der Waals surface area contributed by atoms with Crippen LogP contribution in [0.3, 0.4) is 0 Å². The number of likely N-dealkylation sites (tertiary alicyclic amines) is 1. The van der Waals surface area contributed by atoms with E-state index in [4.69, 9.17) is 0 Å². The van der Waals surface area contributed by atoms with Gasteiger partial charge in [0.15, 0.2) is 0 Å². The number of anilines is 1. The molecule has 118 valence electrons. The number of benzene rings is 1. The number of hydrogen-bond donors (Lipinski definition) is 1. The van der Waals surface area contributed by atoms with Gasteiger partial charge in [0.1, 0.15) is 5.82 Å². The first-order chi connectivity index (χ1) is 10.2. The van der Waals surface area contributed by atoms with Crippen LogP contribution in [0.15, 0.2) is 18.2 Å². The van der Waals surface area contributed by atoms with Gasteiger partial charge in [0.25, 0.3) is 0 Å². The van der Waals surface area contributed by atoms with E-state index in [1.807, 2.05) is 6.07 Å². The molecule has 0 unspecified atom stereocenters. The molecule has 1 aromatic carbocycles. The van der Waals surface area contributed by atoms with Crippen LogP contribution in [0.2, 0.25) is 0 Å². The molecule has 1 aliphatic heterocycles. The Hall–Kier alpha value is -1.13. The van der Waals surface area contributed by atoms with Gasteiger partial charge in [-0.2, -0.15) is 0 Å². The van der Waals surface area contributed by atoms with E-state index in [1.165, 1.54) is 25.9 Å². The van der Waals surface area contributed by atoms with Gasteiger partial charge < -0.3 is 15.1 Å². The first-order valence-corrected chi connectivity index (χ1v) is 8.13. The second kappa shape index (κ2) is 8.35. The highest BCUT2D eigenvalue weighted by molar-refractivity contribution is 5.53. The van der Waals surface area contributed by atoms with Crippen molar-refractivity contribution >= 4 is 5.69 Å². The Bertz CT molecular complexity index is 430. The van der Waals surface area contributed by atoms with Crippen LogP contribution in [0.25, 0.3) is 0 Å². The van der Waals surface area contributed by atoms with E-state index in [9.17, 15) is 4.39 Å². The third kappa shape index (κ3) is 4.97. The van der Waals surface area contributed by atoms with Crippen LogP contribution in [0.4, 0.5) is 10.1 Å². The van der Waals surface area contributed by atoms with E-state index in [0.717, 1.165) is 43.9 Å². The van der Waals surface area contributed by atoms with Gasteiger partial charge in [0.2, 0.25) is 0 Å². The van der Waals surface area contributed by atoms with Crippen LogP contribution in [-0.2, 0) is 6.54 Å². The number of halogens is 1. The fourth-order valence-corrected chi connectivity index (χ4v) is 2.89. The van der Waals surface area contributed by atoms with Crippen molar-refractivity contribution in [1.82, 2.24) is 10.2 Å².